The van der Waals surface area contributed by atoms with Gasteiger partial charge in [-0.2, -0.15) is 5.06 Å². The van der Waals surface area contributed by atoms with Gasteiger partial charge >= 0.3 is 0 Å². The number of benzene rings is 3. The maximum atomic E-state index is 13.8. The van der Waals surface area contributed by atoms with Crippen molar-refractivity contribution in [2.45, 2.75) is 18.5 Å². The molecule has 4 nitrogen and oxygen atoms in total. The van der Waals surface area contributed by atoms with E-state index >= 15 is 0 Å². The van der Waals surface area contributed by atoms with Crippen molar-refractivity contribution >= 4 is 32.6 Å². The molecule has 0 spiro atoms. The lowest BCUT2D eigenvalue weighted by Crippen LogP contribution is -2.49. The van der Waals surface area contributed by atoms with Crippen LogP contribution in [0, 0.1) is 5.92 Å². The first-order valence-corrected chi connectivity index (χ1v) is 10.8. The molecular formula is C24H23BrN2O2. The molecule has 2 saturated heterocycles. The van der Waals surface area contributed by atoms with Gasteiger partial charge in [-0.1, -0.05) is 70.5 Å². The molecule has 0 N–H and O–H groups in total. The number of likely N-dealkylation sites (tertiary alicyclic amines) is 1. The number of piperidine rings is 1. The molecule has 3 aromatic carbocycles. The molecule has 2 aliphatic heterocycles. The second kappa shape index (κ2) is 7.56. The Kier molecular flexibility index (Phi) is 4.90. The summed E-state index contributed by atoms with van der Waals surface area (Å²) in [4.78, 5) is 21.7. The first-order valence-electron chi connectivity index (χ1n) is 10.0. The van der Waals surface area contributed by atoms with Crippen LogP contribution in [-0.4, -0.2) is 42.1 Å². The highest BCUT2D eigenvalue weighted by Crippen LogP contribution is 2.41. The fourth-order valence-corrected chi connectivity index (χ4v) is 5.35. The van der Waals surface area contributed by atoms with Gasteiger partial charge in [-0.15, -0.1) is 0 Å². The fourth-order valence-electron chi connectivity index (χ4n) is 4.80. The van der Waals surface area contributed by atoms with E-state index in [0.29, 0.717) is 25.1 Å². The Morgan fingerprint density at radius 3 is 2.66 bits per heavy atom. The summed E-state index contributed by atoms with van der Waals surface area (Å²) in [5.41, 5.74) is 1.92. The van der Waals surface area contributed by atoms with E-state index in [9.17, 15) is 4.79 Å². The maximum Gasteiger partial charge on any atom is 0.255 e. The lowest BCUT2D eigenvalue weighted by molar-refractivity contribution is -0.114. The van der Waals surface area contributed by atoms with Crippen molar-refractivity contribution in [1.82, 2.24) is 9.96 Å². The van der Waals surface area contributed by atoms with E-state index in [1.807, 2.05) is 54.6 Å². The Labute approximate surface area is 179 Å². The molecule has 2 fully saturated rings. The summed E-state index contributed by atoms with van der Waals surface area (Å²) in [6, 6.07) is 22.6. The Hall–Kier alpha value is -2.21. The van der Waals surface area contributed by atoms with Crippen molar-refractivity contribution in [2.24, 2.45) is 5.92 Å². The Morgan fingerprint density at radius 1 is 1.03 bits per heavy atom. The molecule has 0 radical (unpaired) electrons. The number of hydroxylamine groups is 2. The highest BCUT2D eigenvalue weighted by atomic mass is 79.9. The zero-order valence-electron chi connectivity index (χ0n) is 16.3. The summed E-state index contributed by atoms with van der Waals surface area (Å²) in [5.74, 6) is 0.424. The van der Waals surface area contributed by atoms with Crippen molar-refractivity contribution in [3.05, 3.63) is 82.3 Å². The van der Waals surface area contributed by atoms with Crippen LogP contribution >= 0.6 is 15.9 Å². The van der Waals surface area contributed by atoms with Gasteiger partial charge in [0.2, 0.25) is 0 Å². The summed E-state index contributed by atoms with van der Waals surface area (Å²) in [7, 11) is 2.00. The van der Waals surface area contributed by atoms with E-state index in [1.165, 1.54) is 0 Å². The van der Waals surface area contributed by atoms with E-state index in [0.717, 1.165) is 32.8 Å². The Morgan fingerprint density at radius 2 is 1.79 bits per heavy atom. The van der Waals surface area contributed by atoms with Crippen LogP contribution in [0.15, 0.2) is 71.2 Å². The average Bonchev–Trinajstić information content (AvgIpc) is 3.12. The Balaban J connectivity index is 1.58. The van der Waals surface area contributed by atoms with E-state index in [1.54, 1.807) is 0 Å². The predicted molar refractivity (Wildman–Crippen MR) is 117 cm³/mol. The van der Waals surface area contributed by atoms with Crippen LogP contribution in [0.2, 0.25) is 0 Å². The van der Waals surface area contributed by atoms with Crippen LogP contribution in [0.5, 0.6) is 0 Å². The largest absolute Gasteiger partial charge is 0.331 e. The maximum absolute atomic E-state index is 13.8. The number of fused-ring (bicyclic) bond motifs is 2. The van der Waals surface area contributed by atoms with Crippen molar-refractivity contribution in [2.75, 3.05) is 20.2 Å². The molecule has 0 aromatic heterocycles. The van der Waals surface area contributed by atoms with Crippen LogP contribution in [0.3, 0.4) is 0 Å². The summed E-state index contributed by atoms with van der Waals surface area (Å²) < 4.78 is 1.04. The average molecular weight is 451 g/mol. The van der Waals surface area contributed by atoms with Crippen molar-refractivity contribution in [1.29, 1.82) is 0 Å². The van der Waals surface area contributed by atoms with Gasteiger partial charge in [-0.3, -0.25) is 9.63 Å². The summed E-state index contributed by atoms with van der Waals surface area (Å²) in [5, 5.41) is 4.08. The van der Waals surface area contributed by atoms with Gasteiger partial charge in [-0.05, 0) is 34.9 Å². The SMILES string of the molecule is CN1OC[C@@H]2CN(C(=O)c3cccc4ccccc34)[C@H](c3ccccc3Br)C[C@@H]21. The highest BCUT2D eigenvalue weighted by Gasteiger charge is 2.44. The van der Waals surface area contributed by atoms with E-state index in [4.69, 9.17) is 4.84 Å². The standard InChI is InChI=1S/C24H23BrN2O2/c1-26-22-13-23(20-10-4-5-12-21(20)25)27(14-17(22)15-29-26)24(28)19-11-6-8-16-7-2-3-9-18(16)19/h2-12,17,22-23H,13-15H2,1H3/t17-,22-,23-/m0/s1. The first kappa shape index (κ1) is 18.8. The lowest BCUT2D eigenvalue weighted by atomic mass is 9.85. The van der Waals surface area contributed by atoms with Gasteiger partial charge in [-0.25, -0.2) is 0 Å². The van der Waals surface area contributed by atoms with Gasteiger partial charge in [0.05, 0.1) is 12.6 Å². The summed E-state index contributed by atoms with van der Waals surface area (Å²) in [6.45, 7) is 1.37. The number of carbonyl (C=O) groups is 1. The lowest BCUT2D eigenvalue weighted by Gasteiger charge is -2.42. The number of nitrogens with zero attached hydrogens (tertiary/aromatic N) is 2. The second-order valence-electron chi connectivity index (χ2n) is 7.93. The fraction of sp³-hybridized carbons (Fsp3) is 0.292. The zero-order valence-corrected chi connectivity index (χ0v) is 17.9. The van der Waals surface area contributed by atoms with Crippen LogP contribution in [0.1, 0.15) is 28.4 Å². The van der Waals surface area contributed by atoms with Crippen LogP contribution < -0.4 is 0 Å². The van der Waals surface area contributed by atoms with Crippen LogP contribution in [0.4, 0.5) is 0 Å². The molecule has 1 amide bonds. The van der Waals surface area contributed by atoms with Gasteiger partial charge in [0.15, 0.2) is 0 Å². The van der Waals surface area contributed by atoms with E-state index in [-0.39, 0.29) is 11.9 Å². The van der Waals surface area contributed by atoms with Gasteiger partial charge < -0.3 is 4.90 Å². The summed E-state index contributed by atoms with van der Waals surface area (Å²) in [6.07, 6.45) is 0.861. The molecule has 0 bridgehead atoms. The zero-order chi connectivity index (χ0) is 20.0. The number of hydrogen-bond donors (Lipinski definition) is 0. The third-order valence-corrected chi connectivity index (χ3v) is 7.04. The van der Waals surface area contributed by atoms with E-state index < -0.39 is 0 Å². The minimum absolute atomic E-state index is 0.00226. The van der Waals surface area contributed by atoms with Gasteiger partial charge in [0.1, 0.15) is 0 Å². The Bertz CT molecular complexity index is 1060. The molecule has 3 aromatic rings. The molecule has 0 unspecified atom stereocenters. The quantitative estimate of drug-likeness (QED) is 0.547. The number of hydrogen-bond acceptors (Lipinski definition) is 3. The number of carbonyl (C=O) groups excluding carboxylic acids is 1. The molecule has 29 heavy (non-hydrogen) atoms. The van der Waals surface area contributed by atoms with Crippen molar-refractivity contribution in [3.8, 4) is 0 Å². The molecule has 2 heterocycles. The normalized spacial score (nSPS) is 24.6. The number of rotatable bonds is 2. The minimum atomic E-state index is 0.00226. The molecule has 0 aliphatic carbocycles. The summed E-state index contributed by atoms with van der Waals surface area (Å²) >= 11 is 3.71. The first-order chi connectivity index (χ1) is 14.1. The smallest absolute Gasteiger partial charge is 0.255 e. The molecular weight excluding hydrogens is 428 g/mol. The van der Waals surface area contributed by atoms with Gasteiger partial charge in [0.25, 0.3) is 5.91 Å². The number of amides is 1. The molecule has 5 rings (SSSR count). The molecule has 3 atom stereocenters. The van der Waals surface area contributed by atoms with Crippen molar-refractivity contribution in [3.63, 3.8) is 0 Å². The highest BCUT2D eigenvalue weighted by molar-refractivity contribution is 9.10. The molecule has 0 saturated carbocycles. The molecule has 2 aliphatic rings. The second-order valence-corrected chi connectivity index (χ2v) is 8.78. The van der Waals surface area contributed by atoms with Crippen molar-refractivity contribution < 1.29 is 9.63 Å². The monoisotopic (exact) mass is 450 g/mol. The molecule has 148 valence electrons. The topological polar surface area (TPSA) is 32.8 Å². The van der Waals surface area contributed by atoms with Crippen LogP contribution in [-0.2, 0) is 4.84 Å². The minimum Gasteiger partial charge on any atom is -0.331 e. The molecule has 5 heteroatoms. The third kappa shape index (κ3) is 3.27. The van der Waals surface area contributed by atoms with Gasteiger partial charge in [0, 0.05) is 35.6 Å². The third-order valence-electron chi connectivity index (χ3n) is 6.32. The van der Waals surface area contributed by atoms with E-state index in [2.05, 4.69) is 45.1 Å². The van der Waals surface area contributed by atoms with Crippen LogP contribution in [0.25, 0.3) is 10.8 Å². The predicted octanol–water partition coefficient (Wildman–Crippen LogP) is 5.05. The number of halogens is 1.